The van der Waals surface area contributed by atoms with Crippen LogP contribution in [0.25, 0.3) is 0 Å². The van der Waals surface area contributed by atoms with Crippen molar-refractivity contribution in [1.82, 2.24) is 4.90 Å². The number of rotatable bonds is 0. The van der Waals surface area contributed by atoms with Crippen LogP contribution in [0.15, 0.2) is 0 Å². The van der Waals surface area contributed by atoms with E-state index < -0.39 is 6.09 Å². The first-order chi connectivity index (χ1) is 5.13. The Morgan fingerprint density at radius 2 is 2.36 bits per heavy atom. The number of hydrogen-bond donors (Lipinski definition) is 1. The summed E-state index contributed by atoms with van der Waals surface area (Å²) < 4.78 is 0. The van der Waals surface area contributed by atoms with Crippen LogP contribution < -0.4 is 0 Å². The maximum Gasteiger partial charge on any atom is 0.414 e. The maximum absolute atomic E-state index is 11.0. The molecule has 1 atom stereocenters. The second kappa shape index (κ2) is 2.90. The Balaban J connectivity index is 2.70. The summed E-state index contributed by atoms with van der Waals surface area (Å²) >= 11 is 0. The van der Waals surface area contributed by atoms with Crippen molar-refractivity contribution < 1.29 is 14.7 Å². The van der Waals surface area contributed by atoms with Gasteiger partial charge in [-0.05, 0) is 19.8 Å². The Labute approximate surface area is 64.8 Å². The Hall–Kier alpha value is -1.06. The molecule has 0 bridgehead atoms. The van der Waals surface area contributed by atoms with E-state index >= 15 is 0 Å². The van der Waals surface area contributed by atoms with Gasteiger partial charge >= 0.3 is 6.09 Å². The van der Waals surface area contributed by atoms with Gasteiger partial charge in [0.2, 0.25) is 5.91 Å². The van der Waals surface area contributed by atoms with Crippen LogP contribution in [0.3, 0.4) is 0 Å². The third-order valence-electron chi connectivity index (χ3n) is 1.93. The smallest absolute Gasteiger partial charge is 0.414 e. The third kappa shape index (κ3) is 1.50. The number of nitrogens with zero attached hydrogens (tertiary/aromatic N) is 1. The van der Waals surface area contributed by atoms with Gasteiger partial charge in [-0.1, -0.05) is 0 Å². The van der Waals surface area contributed by atoms with Gasteiger partial charge in [-0.2, -0.15) is 0 Å². The number of carbonyl (C=O) groups is 2. The molecule has 0 radical (unpaired) electrons. The second-order valence-electron chi connectivity index (χ2n) is 2.79. The van der Waals surface area contributed by atoms with Gasteiger partial charge in [0.15, 0.2) is 0 Å². The van der Waals surface area contributed by atoms with Crippen LogP contribution >= 0.6 is 0 Å². The first kappa shape index (κ1) is 8.04. The molecule has 11 heavy (non-hydrogen) atoms. The lowest BCUT2D eigenvalue weighted by molar-refractivity contribution is -0.133. The number of piperidine rings is 1. The van der Waals surface area contributed by atoms with Crippen LogP contribution in [0.5, 0.6) is 0 Å². The molecule has 0 aromatic carbocycles. The van der Waals surface area contributed by atoms with Crippen LogP contribution in [-0.4, -0.2) is 28.0 Å². The third-order valence-corrected chi connectivity index (χ3v) is 1.93. The van der Waals surface area contributed by atoms with Crippen molar-refractivity contribution in [3.8, 4) is 0 Å². The monoisotopic (exact) mass is 157 g/mol. The molecule has 1 fully saturated rings. The van der Waals surface area contributed by atoms with Gasteiger partial charge < -0.3 is 5.11 Å². The topological polar surface area (TPSA) is 57.6 Å². The Morgan fingerprint density at radius 1 is 1.73 bits per heavy atom. The molecule has 1 aliphatic rings. The summed E-state index contributed by atoms with van der Waals surface area (Å²) in [5, 5.41) is 8.58. The molecule has 1 unspecified atom stereocenters. The minimum Gasteiger partial charge on any atom is -0.465 e. The van der Waals surface area contributed by atoms with Gasteiger partial charge in [-0.3, -0.25) is 4.79 Å². The Morgan fingerprint density at radius 3 is 2.73 bits per heavy atom. The van der Waals surface area contributed by atoms with E-state index in [1.165, 1.54) is 0 Å². The molecule has 4 nitrogen and oxygen atoms in total. The summed E-state index contributed by atoms with van der Waals surface area (Å²) in [5.74, 6) is -0.267. The lowest BCUT2D eigenvalue weighted by atomic mass is 10.0. The average molecular weight is 157 g/mol. The Bertz CT molecular complexity index is 190. The quantitative estimate of drug-likeness (QED) is 0.572. The van der Waals surface area contributed by atoms with Crippen LogP contribution in [0.4, 0.5) is 4.79 Å². The second-order valence-corrected chi connectivity index (χ2v) is 2.79. The SMILES string of the molecule is CC1CCCC(=O)N1C(=O)O. The number of imide groups is 1. The number of carboxylic acid groups (broad SMARTS) is 1. The van der Waals surface area contributed by atoms with Gasteiger partial charge in [0.05, 0.1) is 0 Å². The summed E-state index contributed by atoms with van der Waals surface area (Å²) in [6.07, 6.45) is 0.848. The van der Waals surface area contributed by atoms with E-state index in [2.05, 4.69) is 0 Å². The molecule has 0 aromatic heterocycles. The van der Waals surface area contributed by atoms with Crippen LogP contribution in [0.1, 0.15) is 26.2 Å². The highest BCUT2D eigenvalue weighted by Gasteiger charge is 2.29. The highest BCUT2D eigenvalue weighted by Crippen LogP contribution is 2.17. The summed E-state index contributed by atoms with van der Waals surface area (Å²) in [6.45, 7) is 1.76. The highest BCUT2D eigenvalue weighted by atomic mass is 16.4. The van der Waals surface area contributed by atoms with Crippen molar-refractivity contribution in [3.63, 3.8) is 0 Å². The predicted molar refractivity (Wildman–Crippen MR) is 38.2 cm³/mol. The minimum absolute atomic E-state index is 0.145. The normalized spacial score (nSPS) is 25.4. The minimum atomic E-state index is -1.12. The number of hydrogen-bond acceptors (Lipinski definition) is 2. The van der Waals surface area contributed by atoms with Crippen molar-refractivity contribution in [1.29, 1.82) is 0 Å². The zero-order valence-corrected chi connectivity index (χ0v) is 6.41. The molecule has 1 rings (SSSR count). The zero-order valence-electron chi connectivity index (χ0n) is 6.41. The first-order valence-corrected chi connectivity index (χ1v) is 3.68. The van der Waals surface area contributed by atoms with Crippen molar-refractivity contribution >= 4 is 12.0 Å². The van der Waals surface area contributed by atoms with Crippen molar-refractivity contribution in [2.75, 3.05) is 0 Å². The molecule has 1 heterocycles. The molecule has 1 saturated heterocycles. The zero-order chi connectivity index (χ0) is 8.43. The molecule has 1 N–H and O–H groups in total. The van der Waals surface area contributed by atoms with Crippen molar-refractivity contribution in [2.24, 2.45) is 0 Å². The molecule has 0 aromatic rings. The largest absolute Gasteiger partial charge is 0.465 e. The molecule has 0 saturated carbocycles. The molecule has 1 aliphatic heterocycles. The van der Waals surface area contributed by atoms with E-state index in [0.717, 1.165) is 17.7 Å². The summed E-state index contributed by atoms with van der Waals surface area (Å²) in [7, 11) is 0. The van der Waals surface area contributed by atoms with Crippen molar-refractivity contribution in [2.45, 2.75) is 32.2 Å². The molecule has 62 valence electrons. The summed E-state index contributed by atoms with van der Waals surface area (Å²) in [4.78, 5) is 22.4. The summed E-state index contributed by atoms with van der Waals surface area (Å²) in [6, 6.07) is -0.145. The molecule has 0 aliphatic carbocycles. The van der Waals surface area contributed by atoms with Gasteiger partial charge in [-0.25, -0.2) is 9.69 Å². The van der Waals surface area contributed by atoms with Gasteiger partial charge in [0.1, 0.15) is 0 Å². The lowest BCUT2D eigenvalue weighted by Crippen LogP contribution is -2.45. The van der Waals surface area contributed by atoms with E-state index in [1.54, 1.807) is 6.92 Å². The van der Waals surface area contributed by atoms with E-state index in [4.69, 9.17) is 5.11 Å². The van der Waals surface area contributed by atoms with E-state index in [0.29, 0.717) is 6.42 Å². The fraction of sp³-hybridized carbons (Fsp3) is 0.714. The lowest BCUT2D eigenvalue weighted by Gasteiger charge is -2.28. The number of carbonyl (C=O) groups excluding carboxylic acids is 1. The molecular weight excluding hydrogens is 146 g/mol. The van der Waals surface area contributed by atoms with Crippen LogP contribution in [-0.2, 0) is 4.79 Å². The van der Waals surface area contributed by atoms with Crippen molar-refractivity contribution in [3.05, 3.63) is 0 Å². The maximum atomic E-state index is 11.0. The molecule has 0 spiro atoms. The van der Waals surface area contributed by atoms with Gasteiger partial charge in [0.25, 0.3) is 0 Å². The van der Waals surface area contributed by atoms with Crippen LogP contribution in [0, 0.1) is 0 Å². The molecular formula is C7H11NO3. The van der Waals surface area contributed by atoms with E-state index in [1.807, 2.05) is 0 Å². The number of amides is 2. The highest BCUT2D eigenvalue weighted by molar-refractivity contribution is 5.91. The fourth-order valence-corrected chi connectivity index (χ4v) is 1.34. The summed E-state index contributed by atoms with van der Waals surface area (Å²) in [5.41, 5.74) is 0. The standard InChI is InChI=1S/C7H11NO3/c1-5-3-2-4-6(9)8(5)7(10)11/h5H,2-4H2,1H3,(H,10,11). The fourth-order valence-electron chi connectivity index (χ4n) is 1.34. The first-order valence-electron chi connectivity index (χ1n) is 3.68. The van der Waals surface area contributed by atoms with E-state index in [9.17, 15) is 9.59 Å². The molecule has 4 heteroatoms. The van der Waals surface area contributed by atoms with E-state index in [-0.39, 0.29) is 11.9 Å². The Kier molecular flexibility index (Phi) is 2.12. The molecule has 2 amide bonds. The number of likely N-dealkylation sites (tertiary alicyclic amines) is 1. The van der Waals surface area contributed by atoms with Crippen LogP contribution in [0.2, 0.25) is 0 Å². The predicted octanol–water partition coefficient (Wildman–Crippen LogP) is 1.07. The van der Waals surface area contributed by atoms with Gasteiger partial charge in [0, 0.05) is 12.5 Å². The average Bonchev–Trinajstić information content (AvgIpc) is 1.85. The van der Waals surface area contributed by atoms with Gasteiger partial charge in [-0.15, -0.1) is 0 Å².